The molecule has 0 atom stereocenters. The third-order valence-corrected chi connectivity index (χ3v) is 4.61. The van der Waals surface area contributed by atoms with Crippen molar-refractivity contribution in [3.05, 3.63) is 0 Å². The van der Waals surface area contributed by atoms with Gasteiger partial charge in [-0.2, -0.15) is 0 Å². The maximum atomic E-state index is 12.1. The molecular formula is C14H26N2O2. The molecule has 1 amide bonds. The van der Waals surface area contributed by atoms with E-state index in [0.717, 1.165) is 57.5 Å². The number of aliphatic hydroxyl groups excluding tert-OH is 1. The molecule has 2 N–H and O–H groups in total. The highest BCUT2D eigenvalue weighted by Crippen LogP contribution is 2.28. The summed E-state index contributed by atoms with van der Waals surface area (Å²) >= 11 is 0. The second-order valence-corrected chi connectivity index (χ2v) is 6.06. The van der Waals surface area contributed by atoms with Gasteiger partial charge in [0.1, 0.15) is 0 Å². The molecule has 1 saturated heterocycles. The summed E-state index contributed by atoms with van der Waals surface area (Å²) in [6, 6.07) is 0. The molecule has 0 unspecified atom stereocenters. The topological polar surface area (TPSA) is 52.6 Å². The predicted octanol–water partition coefficient (Wildman–Crippen LogP) is 1.14. The summed E-state index contributed by atoms with van der Waals surface area (Å²) in [4.78, 5) is 14.1. The van der Waals surface area contributed by atoms with Crippen LogP contribution in [0.1, 0.15) is 45.4 Å². The zero-order valence-corrected chi connectivity index (χ0v) is 11.5. The monoisotopic (exact) mass is 254 g/mol. The van der Waals surface area contributed by atoms with Gasteiger partial charge >= 0.3 is 0 Å². The van der Waals surface area contributed by atoms with Crippen molar-refractivity contribution in [2.75, 3.05) is 26.2 Å². The molecule has 2 rings (SSSR count). The van der Waals surface area contributed by atoms with Crippen LogP contribution >= 0.6 is 0 Å². The fourth-order valence-electron chi connectivity index (χ4n) is 3.08. The predicted molar refractivity (Wildman–Crippen MR) is 71.3 cm³/mol. The summed E-state index contributed by atoms with van der Waals surface area (Å²) < 4.78 is 0. The molecule has 104 valence electrons. The second kappa shape index (κ2) is 6.02. The van der Waals surface area contributed by atoms with E-state index < -0.39 is 0 Å². The van der Waals surface area contributed by atoms with E-state index in [0.29, 0.717) is 6.54 Å². The van der Waals surface area contributed by atoms with Crippen molar-refractivity contribution in [3.8, 4) is 0 Å². The molecule has 1 saturated carbocycles. The minimum absolute atomic E-state index is 0.150. The van der Waals surface area contributed by atoms with Crippen LogP contribution in [0, 0.1) is 5.92 Å². The first-order valence-electron chi connectivity index (χ1n) is 7.29. The number of carbonyl (C=O) groups is 1. The Labute approximate surface area is 110 Å². The Balaban J connectivity index is 1.77. The molecule has 4 heteroatoms. The van der Waals surface area contributed by atoms with Gasteiger partial charge < -0.3 is 15.3 Å². The summed E-state index contributed by atoms with van der Waals surface area (Å²) in [5.41, 5.74) is -0.182. The Bertz CT molecular complexity index is 280. The van der Waals surface area contributed by atoms with E-state index in [1.165, 1.54) is 0 Å². The van der Waals surface area contributed by atoms with Gasteiger partial charge in [0.2, 0.25) is 5.91 Å². The average Bonchev–Trinajstić information content (AvgIpc) is 2.86. The third kappa shape index (κ3) is 3.23. The molecule has 1 aliphatic heterocycles. The summed E-state index contributed by atoms with van der Waals surface area (Å²) in [6.45, 7) is 4.58. The molecule has 1 heterocycles. The molecule has 1 aliphatic carbocycles. The molecular weight excluding hydrogens is 228 g/mol. The smallest absolute Gasteiger partial charge is 0.236 e. The van der Waals surface area contributed by atoms with E-state index >= 15 is 0 Å². The van der Waals surface area contributed by atoms with Gasteiger partial charge in [0.25, 0.3) is 0 Å². The highest BCUT2D eigenvalue weighted by Gasteiger charge is 2.33. The van der Waals surface area contributed by atoms with E-state index in [2.05, 4.69) is 12.2 Å². The van der Waals surface area contributed by atoms with E-state index in [4.69, 9.17) is 0 Å². The van der Waals surface area contributed by atoms with E-state index in [1.807, 2.05) is 4.90 Å². The van der Waals surface area contributed by atoms with E-state index in [9.17, 15) is 9.90 Å². The number of rotatable bonds is 4. The Morgan fingerprint density at radius 1 is 1.33 bits per heavy atom. The number of likely N-dealkylation sites (tertiary alicyclic amines) is 1. The first-order valence-corrected chi connectivity index (χ1v) is 7.29. The SMILES string of the molecule is CC1CCN(C(=O)CNC2(CO)CCCC2)CC1. The number of carbonyl (C=O) groups excluding carboxylic acids is 1. The lowest BCUT2D eigenvalue weighted by Crippen LogP contribution is -2.51. The normalized spacial score (nSPS) is 24.4. The molecule has 0 aromatic heterocycles. The molecule has 2 fully saturated rings. The van der Waals surface area contributed by atoms with Crippen LogP contribution in [0.5, 0.6) is 0 Å². The number of hydrogen-bond donors (Lipinski definition) is 2. The van der Waals surface area contributed by atoms with Crippen LogP contribution in [0.25, 0.3) is 0 Å². The van der Waals surface area contributed by atoms with Crippen molar-refractivity contribution in [2.45, 2.75) is 51.0 Å². The van der Waals surface area contributed by atoms with E-state index in [1.54, 1.807) is 0 Å². The minimum atomic E-state index is -0.182. The molecule has 0 aromatic carbocycles. The number of nitrogens with one attached hydrogen (secondary N) is 1. The van der Waals surface area contributed by atoms with Gasteiger partial charge in [-0.15, -0.1) is 0 Å². The Hall–Kier alpha value is -0.610. The Morgan fingerprint density at radius 2 is 1.94 bits per heavy atom. The largest absolute Gasteiger partial charge is 0.394 e. The third-order valence-electron chi connectivity index (χ3n) is 4.61. The van der Waals surface area contributed by atoms with Crippen molar-refractivity contribution >= 4 is 5.91 Å². The molecule has 0 spiro atoms. The van der Waals surface area contributed by atoms with Gasteiger partial charge in [-0.3, -0.25) is 4.79 Å². The zero-order chi connectivity index (χ0) is 13.0. The highest BCUT2D eigenvalue weighted by molar-refractivity contribution is 5.78. The number of aliphatic hydroxyl groups is 1. The lowest BCUT2D eigenvalue weighted by atomic mass is 9.98. The summed E-state index contributed by atoms with van der Waals surface area (Å²) in [5.74, 6) is 0.947. The summed E-state index contributed by atoms with van der Waals surface area (Å²) in [7, 11) is 0. The average molecular weight is 254 g/mol. The quantitative estimate of drug-likeness (QED) is 0.791. The fourth-order valence-corrected chi connectivity index (χ4v) is 3.08. The van der Waals surface area contributed by atoms with E-state index in [-0.39, 0.29) is 18.1 Å². The van der Waals surface area contributed by atoms with Crippen molar-refractivity contribution in [1.29, 1.82) is 0 Å². The molecule has 0 radical (unpaired) electrons. The van der Waals surface area contributed by atoms with Gasteiger partial charge in [0, 0.05) is 18.6 Å². The van der Waals surface area contributed by atoms with Crippen molar-refractivity contribution in [2.24, 2.45) is 5.92 Å². The number of amides is 1. The molecule has 0 aromatic rings. The first-order chi connectivity index (χ1) is 8.65. The number of piperidine rings is 1. The van der Waals surface area contributed by atoms with Gasteiger partial charge in [-0.25, -0.2) is 0 Å². The number of hydrogen-bond acceptors (Lipinski definition) is 3. The van der Waals surface area contributed by atoms with Crippen LogP contribution in [0.4, 0.5) is 0 Å². The lowest BCUT2D eigenvalue weighted by Gasteiger charge is -2.33. The highest BCUT2D eigenvalue weighted by atomic mass is 16.3. The second-order valence-electron chi connectivity index (χ2n) is 6.06. The van der Waals surface area contributed by atoms with Crippen LogP contribution in [-0.2, 0) is 4.79 Å². The standard InChI is InChI=1S/C14H26N2O2/c1-12-4-8-16(9-5-12)13(18)10-15-14(11-17)6-2-3-7-14/h12,15,17H,2-11H2,1H3. The number of nitrogens with zero attached hydrogens (tertiary/aromatic N) is 1. The first kappa shape index (κ1) is 13.8. The van der Waals surface area contributed by atoms with Crippen LogP contribution in [-0.4, -0.2) is 47.7 Å². The van der Waals surface area contributed by atoms with Crippen LogP contribution in [0.3, 0.4) is 0 Å². The van der Waals surface area contributed by atoms with Gasteiger partial charge in [-0.05, 0) is 31.6 Å². The summed E-state index contributed by atoms with van der Waals surface area (Å²) in [6.07, 6.45) is 6.54. The molecule has 0 bridgehead atoms. The Kier molecular flexibility index (Phi) is 4.62. The minimum Gasteiger partial charge on any atom is -0.394 e. The summed E-state index contributed by atoms with van der Waals surface area (Å²) in [5, 5.41) is 12.8. The zero-order valence-electron chi connectivity index (χ0n) is 11.5. The maximum absolute atomic E-state index is 12.1. The molecule has 4 nitrogen and oxygen atoms in total. The van der Waals surface area contributed by atoms with Crippen LogP contribution < -0.4 is 5.32 Å². The molecule has 18 heavy (non-hydrogen) atoms. The Morgan fingerprint density at radius 3 is 2.50 bits per heavy atom. The van der Waals surface area contributed by atoms with Gasteiger partial charge in [0.05, 0.1) is 13.2 Å². The van der Waals surface area contributed by atoms with Crippen molar-refractivity contribution in [1.82, 2.24) is 10.2 Å². The van der Waals surface area contributed by atoms with Gasteiger partial charge in [0.15, 0.2) is 0 Å². The lowest BCUT2D eigenvalue weighted by molar-refractivity contribution is -0.132. The van der Waals surface area contributed by atoms with Crippen molar-refractivity contribution < 1.29 is 9.90 Å². The fraction of sp³-hybridized carbons (Fsp3) is 0.929. The van der Waals surface area contributed by atoms with Crippen LogP contribution in [0.2, 0.25) is 0 Å². The van der Waals surface area contributed by atoms with Gasteiger partial charge in [-0.1, -0.05) is 19.8 Å². The maximum Gasteiger partial charge on any atom is 0.236 e. The van der Waals surface area contributed by atoms with Crippen LogP contribution in [0.15, 0.2) is 0 Å². The molecule has 2 aliphatic rings. The van der Waals surface area contributed by atoms with Crippen molar-refractivity contribution in [3.63, 3.8) is 0 Å².